The van der Waals surface area contributed by atoms with Crippen molar-refractivity contribution in [2.75, 3.05) is 19.6 Å². The standard InChI is InChI=1S/C20H22F3N5O/c1-12-18-14(10-28-7-6-24-15(11-28)9-20(21,22)23)8-17(25-19(18)27-26-12)13-2-4-16(29)5-3-13/h2-5,8,15,24,29H,6-7,9-11H2,1H3,(H,25,26,27)/t15-/m1/s1. The minimum Gasteiger partial charge on any atom is -0.508 e. The Morgan fingerprint density at radius 3 is 2.72 bits per heavy atom. The highest BCUT2D eigenvalue weighted by Gasteiger charge is 2.34. The lowest BCUT2D eigenvalue weighted by molar-refractivity contribution is -0.142. The first-order chi connectivity index (χ1) is 13.8. The van der Waals surface area contributed by atoms with Gasteiger partial charge >= 0.3 is 6.18 Å². The normalized spacial score (nSPS) is 18.4. The number of fused-ring (bicyclic) bond motifs is 1. The van der Waals surface area contributed by atoms with Crippen LogP contribution in [0.5, 0.6) is 5.75 Å². The van der Waals surface area contributed by atoms with Gasteiger partial charge in [0.25, 0.3) is 0 Å². The molecule has 0 saturated carbocycles. The van der Waals surface area contributed by atoms with Gasteiger partial charge in [-0.05, 0) is 42.8 Å². The number of aromatic hydroxyl groups is 1. The Labute approximate surface area is 165 Å². The molecule has 9 heteroatoms. The minimum absolute atomic E-state index is 0.170. The fourth-order valence-electron chi connectivity index (χ4n) is 3.87. The first-order valence-electron chi connectivity index (χ1n) is 9.45. The molecule has 0 bridgehead atoms. The summed E-state index contributed by atoms with van der Waals surface area (Å²) in [6.45, 7) is 3.91. The number of nitrogens with zero attached hydrogens (tertiary/aromatic N) is 3. The number of hydrogen-bond acceptors (Lipinski definition) is 5. The number of pyridine rings is 1. The van der Waals surface area contributed by atoms with E-state index in [1.807, 2.05) is 17.9 Å². The van der Waals surface area contributed by atoms with Crippen LogP contribution < -0.4 is 5.32 Å². The minimum atomic E-state index is -4.18. The summed E-state index contributed by atoms with van der Waals surface area (Å²) in [7, 11) is 0. The molecule has 0 amide bonds. The number of phenols is 1. The van der Waals surface area contributed by atoms with Gasteiger partial charge in [0, 0.05) is 43.2 Å². The zero-order chi connectivity index (χ0) is 20.6. The van der Waals surface area contributed by atoms with E-state index in [2.05, 4.69) is 20.5 Å². The lowest BCUT2D eigenvalue weighted by atomic mass is 10.0. The number of aryl methyl sites for hydroxylation is 1. The second kappa shape index (κ2) is 7.64. The predicted octanol–water partition coefficient (Wildman–Crippen LogP) is 3.37. The van der Waals surface area contributed by atoms with Gasteiger partial charge in [0.15, 0.2) is 5.65 Å². The average molecular weight is 405 g/mol. The zero-order valence-corrected chi connectivity index (χ0v) is 15.9. The molecule has 3 heterocycles. The smallest absolute Gasteiger partial charge is 0.390 e. The Bertz CT molecular complexity index is 1000. The summed E-state index contributed by atoms with van der Waals surface area (Å²) in [5.74, 6) is 0.170. The lowest BCUT2D eigenvalue weighted by Gasteiger charge is -2.34. The van der Waals surface area contributed by atoms with Crippen LogP contribution in [0.1, 0.15) is 17.7 Å². The van der Waals surface area contributed by atoms with E-state index in [4.69, 9.17) is 0 Å². The van der Waals surface area contributed by atoms with Crippen molar-refractivity contribution in [1.29, 1.82) is 0 Å². The second-order valence-electron chi connectivity index (χ2n) is 7.45. The molecule has 0 aliphatic carbocycles. The van der Waals surface area contributed by atoms with E-state index < -0.39 is 18.6 Å². The number of alkyl halides is 3. The molecule has 1 atom stereocenters. The molecule has 3 aromatic rings. The number of rotatable bonds is 4. The van der Waals surface area contributed by atoms with Gasteiger partial charge < -0.3 is 10.4 Å². The topological polar surface area (TPSA) is 77.1 Å². The average Bonchev–Trinajstić information content (AvgIpc) is 3.02. The molecule has 6 nitrogen and oxygen atoms in total. The van der Waals surface area contributed by atoms with Crippen LogP contribution in [0, 0.1) is 6.92 Å². The molecule has 3 N–H and O–H groups in total. The van der Waals surface area contributed by atoms with Crippen LogP contribution in [0.15, 0.2) is 30.3 Å². The number of benzene rings is 1. The van der Waals surface area contributed by atoms with Crippen LogP contribution in [0.4, 0.5) is 13.2 Å². The van der Waals surface area contributed by atoms with Gasteiger partial charge in [-0.15, -0.1) is 0 Å². The van der Waals surface area contributed by atoms with Crippen molar-refractivity contribution in [2.45, 2.75) is 32.1 Å². The Hall–Kier alpha value is -2.65. The van der Waals surface area contributed by atoms with Crippen LogP contribution in [0.25, 0.3) is 22.3 Å². The molecular formula is C20H22F3N5O. The fourth-order valence-corrected chi connectivity index (χ4v) is 3.87. The Kier molecular flexibility index (Phi) is 5.18. The molecular weight excluding hydrogens is 383 g/mol. The highest BCUT2D eigenvalue weighted by atomic mass is 19.4. The van der Waals surface area contributed by atoms with E-state index in [-0.39, 0.29) is 5.75 Å². The quantitative estimate of drug-likeness (QED) is 0.621. The first kappa shape index (κ1) is 19.7. The largest absolute Gasteiger partial charge is 0.508 e. The SMILES string of the molecule is Cc1n[nH]c2nc(-c3ccc(O)cc3)cc(CN3CCN[C@H](CC(F)(F)F)C3)c12. The van der Waals surface area contributed by atoms with Gasteiger partial charge in [0.2, 0.25) is 0 Å². The van der Waals surface area contributed by atoms with E-state index in [0.29, 0.717) is 31.8 Å². The summed E-state index contributed by atoms with van der Waals surface area (Å²) in [5, 5.41) is 20.6. The Morgan fingerprint density at radius 2 is 2.00 bits per heavy atom. The van der Waals surface area contributed by atoms with Gasteiger partial charge in [-0.3, -0.25) is 10.00 Å². The highest BCUT2D eigenvalue weighted by Crippen LogP contribution is 2.28. The molecule has 1 saturated heterocycles. The summed E-state index contributed by atoms with van der Waals surface area (Å²) in [5.41, 5.74) is 3.98. The fraction of sp³-hybridized carbons (Fsp3) is 0.400. The van der Waals surface area contributed by atoms with Crippen molar-refractivity contribution >= 4 is 11.0 Å². The maximum Gasteiger partial charge on any atom is 0.390 e. The van der Waals surface area contributed by atoms with E-state index in [1.54, 1.807) is 24.3 Å². The Morgan fingerprint density at radius 1 is 1.24 bits per heavy atom. The van der Waals surface area contributed by atoms with Crippen LogP contribution in [0.3, 0.4) is 0 Å². The number of aromatic nitrogens is 3. The maximum absolute atomic E-state index is 12.8. The third-order valence-corrected chi connectivity index (χ3v) is 5.17. The van der Waals surface area contributed by atoms with Crippen LogP contribution in [-0.2, 0) is 6.54 Å². The number of nitrogens with one attached hydrogen (secondary N) is 2. The molecule has 0 radical (unpaired) electrons. The summed E-state index contributed by atoms with van der Waals surface area (Å²) in [6.07, 6.45) is -5.02. The van der Waals surface area contributed by atoms with Gasteiger partial charge in [-0.25, -0.2) is 4.98 Å². The summed E-state index contributed by atoms with van der Waals surface area (Å²) in [6, 6.07) is 8.09. The second-order valence-corrected chi connectivity index (χ2v) is 7.45. The van der Waals surface area contributed by atoms with Gasteiger partial charge in [-0.1, -0.05) is 0 Å². The van der Waals surface area contributed by atoms with Gasteiger partial charge in [-0.2, -0.15) is 18.3 Å². The number of hydrogen-bond donors (Lipinski definition) is 3. The van der Waals surface area contributed by atoms with Crippen LogP contribution in [0.2, 0.25) is 0 Å². The molecule has 1 aromatic carbocycles. The number of aromatic amines is 1. The predicted molar refractivity (Wildman–Crippen MR) is 103 cm³/mol. The number of piperazine rings is 1. The number of phenolic OH excluding ortho intramolecular Hbond substituents is 1. The molecule has 0 spiro atoms. The zero-order valence-electron chi connectivity index (χ0n) is 15.9. The maximum atomic E-state index is 12.8. The monoisotopic (exact) mass is 405 g/mol. The molecule has 1 aliphatic rings. The first-order valence-corrected chi connectivity index (χ1v) is 9.45. The van der Waals surface area contributed by atoms with Crippen LogP contribution >= 0.6 is 0 Å². The van der Waals surface area contributed by atoms with Gasteiger partial charge in [0.1, 0.15) is 5.75 Å². The summed E-state index contributed by atoms with van der Waals surface area (Å²) < 4.78 is 38.4. The number of halogens is 3. The molecule has 154 valence electrons. The van der Waals surface area contributed by atoms with E-state index >= 15 is 0 Å². The molecule has 0 unspecified atom stereocenters. The van der Waals surface area contributed by atoms with E-state index in [9.17, 15) is 18.3 Å². The third-order valence-electron chi connectivity index (χ3n) is 5.17. The van der Waals surface area contributed by atoms with Crippen molar-refractivity contribution < 1.29 is 18.3 Å². The molecule has 2 aromatic heterocycles. The van der Waals surface area contributed by atoms with Crippen molar-refractivity contribution in [3.8, 4) is 17.0 Å². The van der Waals surface area contributed by atoms with Crippen molar-refractivity contribution in [3.05, 3.63) is 41.6 Å². The summed E-state index contributed by atoms with van der Waals surface area (Å²) in [4.78, 5) is 6.67. The third kappa shape index (κ3) is 4.51. The molecule has 4 rings (SSSR count). The highest BCUT2D eigenvalue weighted by molar-refractivity contribution is 5.84. The van der Waals surface area contributed by atoms with Crippen molar-refractivity contribution in [2.24, 2.45) is 0 Å². The van der Waals surface area contributed by atoms with E-state index in [1.165, 1.54) is 0 Å². The molecule has 1 fully saturated rings. The van der Waals surface area contributed by atoms with Crippen LogP contribution in [-0.4, -0.2) is 57.0 Å². The van der Waals surface area contributed by atoms with Crippen molar-refractivity contribution in [3.63, 3.8) is 0 Å². The molecule has 1 aliphatic heterocycles. The van der Waals surface area contributed by atoms with E-state index in [0.717, 1.165) is 27.9 Å². The van der Waals surface area contributed by atoms with Gasteiger partial charge in [0.05, 0.1) is 17.8 Å². The Balaban J connectivity index is 1.63. The molecule has 29 heavy (non-hydrogen) atoms. The number of H-pyrrole nitrogens is 1. The lowest BCUT2D eigenvalue weighted by Crippen LogP contribution is -2.51. The summed E-state index contributed by atoms with van der Waals surface area (Å²) >= 11 is 0. The van der Waals surface area contributed by atoms with Crippen molar-refractivity contribution in [1.82, 2.24) is 25.4 Å².